The Balaban J connectivity index is 2.86. The molecule has 0 aliphatic carbocycles. The Bertz CT molecular complexity index is 473. The van der Waals surface area contributed by atoms with Gasteiger partial charge in [0, 0.05) is 12.3 Å². The molecule has 13 heavy (non-hydrogen) atoms. The molecule has 0 unspecified atom stereocenters. The van der Waals surface area contributed by atoms with Crippen LogP contribution in [0.1, 0.15) is 11.7 Å². The van der Waals surface area contributed by atoms with E-state index in [2.05, 4.69) is 15.9 Å². The van der Waals surface area contributed by atoms with Crippen LogP contribution >= 0.6 is 15.9 Å². The van der Waals surface area contributed by atoms with Crippen molar-refractivity contribution in [3.8, 4) is 0 Å². The highest BCUT2D eigenvalue weighted by Gasteiger charge is 2.08. The third-order valence-corrected chi connectivity index (χ3v) is 2.56. The third kappa shape index (κ3) is 1.29. The zero-order valence-electron chi connectivity index (χ0n) is 7.12. The average Bonchev–Trinajstić information content (AvgIpc) is 2.39. The molecule has 1 heterocycles. The fraction of sp³-hybridized carbons (Fsp3) is 0.100. The van der Waals surface area contributed by atoms with Gasteiger partial charge in [-0.15, -0.1) is 0 Å². The third-order valence-electron chi connectivity index (χ3n) is 1.98. The maximum absolute atomic E-state index is 11.3. The Morgan fingerprint density at radius 2 is 2.08 bits per heavy atom. The van der Waals surface area contributed by atoms with Crippen molar-refractivity contribution in [2.45, 2.75) is 6.92 Å². The van der Waals surface area contributed by atoms with Gasteiger partial charge in [-0.25, -0.2) is 0 Å². The molecule has 2 nitrogen and oxygen atoms in total. The van der Waals surface area contributed by atoms with Crippen molar-refractivity contribution < 1.29 is 4.79 Å². The van der Waals surface area contributed by atoms with Crippen molar-refractivity contribution in [2.24, 2.45) is 0 Å². The van der Waals surface area contributed by atoms with E-state index in [9.17, 15) is 4.79 Å². The second-order valence-electron chi connectivity index (χ2n) is 2.88. The van der Waals surface area contributed by atoms with E-state index in [4.69, 9.17) is 0 Å². The second kappa shape index (κ2) is 3.00. The Kier molecular flexibility index (Phi) is 1.96. The lowest BCUT2D eigenvalue weighted by atomic mass is 10.2. The summed E-state index contributed by atoms with van der Waals surface area (Å²) in [7, 11) is 0. The molecule has 2 rings (SSSR count). The molecular weight excluding hydrogens is 230 g/mol. The minimum atomic E-state index is 0.0214. The van der Waals surface area contributed by atoms with Crippen molar-refractivity contribution >= 4 is 32.7 Å². The Hall–Kier alpha value is -1.09. The first kappa shape index (κ1) is 8.51. The number of aromatic nitrogens is 1. The van der Waals surface area contributed by atoms with Crippen LogP contribution in [0.3, 0.4) is 0 Å². The number of hydrogen-bond donors (Lipinski definition) is 0. The van der Waals surface area contributed by atoms with Crippen molar-refractivity contribution in [1.29, 1.82) is 0 Å². The molecule has 66 valence electrons. The zero-order chi connectivity index (χ0) is 9.42. The summed E-state index contributed by atoms with van der Waals surface area (Å²) in [4.78, 5) is 11.3. The minimum Gasteiger partial charge on any atom is -0.274 e. The van der Waals surface area contributed by atoms with Crippen LogP contribution < -0.4 is 0 Å². The van der Waals surface area contributed by atoms with E-state index < -0.39 is 0 Å². The lowest BCUT2D eigenvalue weighted by Gasteiger charge is -1.99. The molecule has 3 heteroatoms. The Labute approximate surface area is 84.3 Å². The molecular formula is C10H8BrNO. The highest BCUT2D eigenvalue weighted by Crippen LogP contribution is 2.23. The van der Waals surface area contributed by atoms with E-state index in [0.717, 1.165) is 15.5 Å². The van der Waals surface area contributed by atoms with Gasteiger partial charge in [0.25, 0.3) is 0 Å². The van der Waals surface area contributed by atoms with Gasteiger partial charge in [-0.1, -0.05) is 18.2 Å². The molecule has 0 amide bonds. The number of halogens is 1. The lowest BCUT2D eigenvalue weighted by molar-refractivity contribution is 0.0939. The molecule has 2 aromatic rings. The predicted octanol–water partition coefficient (Wildman–Crippen LogP) is 3.06. The number of hydrogen-bond acceptors (Lipinski definition) is 1. The van der Waals surface area contributed by atoms with E-state index in [1.54, 1.807) is 11.5 Å². The van der Waals surface area contributed by atoms with Crippen LogP contribution in [0.2, 0.25) is 0 Å². The van der Waals surface area contributed by atoms with Gasteiger partial charge in [-0.05, 0) is 28.1 Å². The molecule has 0 saturated heterocycles. The first-order valence-electron chi connectivity index (χ1n) is 3.97. The number of fused-ring (bicyclic) bond motifs is 1. The quantitative estimate of drug-likeness (QED) is 0.691. The molecule has 0 radical (unpaired) electrons. The van der Waals surface area contributed by atoms with Crippen LogP contribution in [-0.4, -0.2) is 10.5 Å². The van der Waals surface area contributed by atoms with Crippen LogP contribution in [0, 0.1) is 0 Å². The highest BCUT2D eigenvalue weighted by atomic mass is 79.9. The van der Waals surface area contributed by atoms with Gasteiger partial charge in [-0.2, -0.15) is 0 Å². The van der Waals surface area contributed by atoms with E-state index in [1.165, 1.54) is 0 Å². The van der Waals surface area contributed by atoms with Gasteiger partial charge in [0.2, 0.25) is 5.91 Å². The monoisotopic (exact) mass is 237 g/mol. The van der Waals surface area contributed by atoms with Crippen molar-refractivity contribution in [1.82, 2.24) is 4.57 Å². The van der Waals surface area contributed by atoms with Crippen LogP contribution in [0.15, 0.2) is 34.9 Å². The number of benzene rings is 1. The summed E-state index contributed by atoms with van der Waals surface area (Å²) in [6.07, 6.45) is 0. The van der Waals surface area contributed by atoms with Gasteiger partial charge in [-0.3, -0.25) is 9.36 Å². The molecule has 1 aromatic carbocycles. The largest absolute Gasteiger partial charge is 0.274 e. The molecule has 0 bridgehead atoms. The maximum atomic E-state index is 11.3. The number of para-hydroxylation sites is 1. The first-order chi connectivity index (χ1) is 6.20. The van der Waals surface area contributed by atoms with Crippen LogP contribution in [0.4, 0.5) is 0 Å². The Morgan fingerprint density at radius 1 is 1.38 bits per heavy atom. The van der Waals surface area contributed by atoms with Crippen molar-refractivity contribution in [3.63, 3.8) is 0 Å². The molecule has 1 aromatic heterocycles. The van der Waals surface area contributed by atoms with Gasteiger partial charge in [0.05, 0.1) is 10.1 Å². The molecule has 0 N–H and O–H groups in total. The smallest absolute Gasteiger partial charge is 0.228 e. The SMILES string of the molecule is CC(=O)n1c(Br)cc2ccccc21. The number of nitrogens with zero attached hydrogens (tertiary/aromatic N) is 1. The van der Waals surface area contributed by atoms with Gasteiger partial charge < -0.3 is 0 Å². The van der Waals surface area contributed by atoms with E-state index >= 15 is 0 Å². The van der Waals surface area contributed by atoms with Gasteiger partial charge >= 0.3 is 0 Å². The Morgan fingerprint density at radius 3 is 2.77 bits per heavy atom. The number of rotatable bonds is 0. The topological polar surface area (TPSA) is 22.0 Å². The minimum absolute atomic E-state index is 0.0214. The summed E-state index contributed by atoms with van der Waals surface area (Å²) >= 11 is 3.35. The number of carbonyl (C=O) groups is 1. The summed E-state index contributed by atoms with van der Waals surface area (Å²) in [5.74, 6) is 0.0214. The summed E-state index contributed by atoms with van der Waals surface area (Å²) in [6, 6.07) is 9.74. The van der Waals surface area contributed by atoms with Crippen LogP contribution in [-0.2, 0) is 0 Å². The van der Waals surface area contributed by atoms with Crippen molar-refractivity contribution in [3.05, 3.63) is 34.9 Å². The fourth-order valence-corrected chi connectivity index (χ4v) is 2.13. The molecule has 0 saturated carbocycles. The molecule has 0 atom stereocenters. The van der Waals surface area contributed by atoms with Gasteiger partial charge in [0.15, 0.2) is 0 Å². The summed E-state index contributed by atoms with van der Waals surface area (Å²) < 4.78 is 2.45. The lowest BCUT2D eigenvalue weighted by Crippen LogP contribution is -2.04. The van der Waals surface area contributed by atoms with Crippen molar-refractivity contribution in [2.75, 3.05) is 0 Å². The fourth-order valence-electron chi connectivity index (χ4n) is 1.44. The first-order valence-corrected chi connectivity index (χ1v) is 4.76. The van der Waals surface area contributed by atoms with Crippen LogP contribution in [0.25, 0.3) is 10.9 Å². The summed E-state index contributed by atoms with van der Waals surface area (Å²) in [5, 5.41) is 1.07. The normalized spacial score (nSPS) is 10.6. The zero-order valence-corrected chi connectivity index (χ0v) is 8.71. The van der Waals surface area contributed by atoms with Crippen LogP contribution in [0.5, 0.6) is 0 Å². The maximum Gasteiger partial charge on any atom is 0.228 e. The van der Waals surface area contributed by atoms with E-state index in [1.807, 2.05) is 30.3 Å². The molecule has 0 fully saturated rings. The summed E-state index contributed by atoms with van der Waals surface area (Å²) in [5.41, 5.74) is 0.946. The average molecular weight is 238 g/mol. The van der Waals surface area contributed by atoms with Gasteiger partial charge in [0.1, 0.15) is 0 Å². The van der Waals surface area contributed by atoms with E-state index in [-0.39, 0.29) is 5.91 Å². The molecule has 0 aliphatic rings. The molecule has 0 aliphatic heterocycles. The highest BCUT2D eigenvalue weighted by molar-refractivity contribution is 9.10. The number of carbonyl (C=O) groups excluding carboxylic acids is 1. The standard InChI is InChI=1S/C10H8BrNO/c1-7(13)12-9-5-3-2-4-8(9)6-10(12)11/h2-6H,1H3. The predicted molar refractivity (Wildman–Crippen MR) is 55.9 cm³/mol. The van der Waals surface area contributed by atoms with E-state index in [0.29, 0.717) is 0 Å². The second-order valence-corrected chi connectivity index (χ2v) is 3.69. The molecule has 0 spiro atoms. The summed E-state index contributed by atoms with van der Waals surface area (Å²) in [6.45, 7) is 1.55.